The Morgan fingerprint density at radius 1 is 1.09 bits per heavy atom. The normalized spacial score (nSPS) is 9.87. The molecule has 0 aliphatic rings. The van der Waals surface area contributed by atoms with Crippen LogP contribution in [0.5, 0.6) is 17.2 Å². The summed E-state index contributed by atoms with van der Waals surface area (Å²) in [5, 5.41) is 19.5. The van der Waals surface area contributed by atoms with Crippen molar-refractivity contribution in [2.45, 2.75) is 13.8 Å². The molecule has 23 heavy (non-hydrogen) atoms. The minimum atomic E-state index is -0.412. The summed E-state index contributed by atoms with van der Waals surface area (Å²) < 4.78 is 5.40. The highest BCUT2D eigenvalue weighted by atomic mass is 127. The second-order valence-electron chi connectivity index (χ2n) is 4.99. The number of alkyl halides is 1. The van der Waals surface area contributed by atoms with Gasteiger partial charge in [-0.2, -0.15) is 0 Å². The van der Waals surface area contributed by atoms with Gasteiger partial charge in [0, 0.05) is 11.6 Å². The third-order valence-corrected chi connectivity index (χ3v) is 3.80. The molecule has 0 unspecified atom stereocenters. The van der Waals surface area contributed by atoms with Crippen molar-refractivity contribution in [2.24, 2.45) is 0 Å². The predicted octanol–water partition coefficient (Wildman–Crippen LogP) is 3.45. The molecule has 0 bridgehead atoms. The summed E-state index contributed by atoms with van der Waals surface area (Å²) in [5.74, 6) is 5.87. The molecule has 0 amide bonds. The molecule has 0 aliphatic heterocycles. The second-order valence-corrected chi connectivity index (χ2v) is 5.76. The number of carbonyl (C=O) groups is 1. The number of aryl methyl sites for hydroxylation is 2. The van der Waals surface area contributed by atoms with E-state index in [-0.39, 0.29) is 21.7 Å². The van der Waals surface area contributed by atoms with Gasteiger partial charge >= 0.3 is 5.97 Å². The Morgan fingerprint density at radius 2 is 1.78 bits per heavy atom. The van der Waals surface area contributed by atoms with Crippen molar-refractivity contribution in [1.29, 1.82) is 0 Å². The van der Waals surface area contributed by atoms with Gasteiger partial charge < -0.3 is 14.9 Å². The highest BCUT2D eigenvalue weighted by Gasteiger charge is 2.10. The zero-order valence-electron chi connectivity index (χ0n) is 12.7. The summed E-state index contributed by atoms with van der Waals surface area (Å²) in [6.45, 7) is 3.54. The number of hydrogen-bond donors (Lipinski definition) is 2. The molecule has 0 aliphatic carbocycles. The maximum absolute atomic E-state index is 11.5. The van der Waals surface area contributed by atoms with E-state index in [4.69, 9.17) is 4.74 Å². The van der Waals surface area contributed by atoms with Crippen molar-refractivity contribution in [3.8, 4) is 29.1 Å². The van der Waals surface area contributed by atoms with Gasteiger partial charge in [-0.15, -0.1) is 0 Å². The lowest BCUT2D eigenvalue weighted by Crippen LogP contribution is -2.09. The zero-order valence-corrected chi connectivity index (χ0v) is 14.8. The van der Waals surface area contributed by atoms with E-state index in [1.54, 1.807) is 38.1 Å². The van der Waals surface area contributed by atoms with Gasteiger partial charge in [0.25, 0.3) is 0 Å². The van der Waals surface area contributed by atoms with Crippen molar-refractivity contribution in [3.05, 3.63) is 52.6 Å². The van der Waals surface area contributed by atoms with Crippen molar-refractivity contribution < 1.29 is 19.7 Å². The SMILES string of the molecule is Cc1ccc(C#Cc2cc(C)c(O)cc2OC(=O)CI)cc1O. The molecule has 2 N–H and O–H groups in total. The Labute approximate surface area is 148 Å². The number of esters is 1. The van der Waals surface area contributed by atoms with E-state index in [1.165, 1.54) is 6.07 Å². The van der Waals surface area contributed by atoms with Crippen LogP contribution in [0.3, 0.4) is 0 Å². The number of halogens is 1. The van der Waals surface area contributed by atoms with Crippen LogP contribution in [0.2, 0.25) is 0 Å². The molecule has 118 valence electrons. The zero-order chi connectivity index (χ0) is 17.0. The molecule has 0 heterocycles. The van der Waals surface area contributed by atoms with Crippen LogP contribution in [0.4, 0.5) is 0 Å². The fourth-order valence-corrected chi connectivity index (χ4v) is 1.99. The number of aromatic hydroxyl groups is 2. The van der Waals surface area contributed by atoms with E-state index in [0.29, 0.717) is 16.7 Å². The second kappa shape index (κ2) is 7.38. The first kappa shape index (κ1) is 17.2. The molecule has 0 spiro atoms. The van der Waals surface area contributed by atoms with Gasteiger partial charge in [0.1, 0.15) is 17.2 Å². The van der Waals surface area contributed by atoms with Crippen molar-refractivity contribution in [3.63, 3.8) is 0 Å². The number of carbonyl (C=O) groups excluding carboxylic acids is 1. The Morgan fingerprint density at radius 3 is 2.43 bits per heavy atom. The van der Waals surface area contributed by atoms with Crippen molar-refractivity contribution in [1.82, 2.24) is 0 Å². The monoisotopic (exact) mass is 422 g/mol. The van der Waals surface area contributed by atoms with Crippen molar-refractivity contribution in [2.75, 3.05) is 4.43 Å². The molecule has 0 saturated heterocycles. The average Bonchev–Trinajstić information content (AvgIpc) is 2.52. The topological polar surface area (TPSA) is 66.8 Å². The summed E-state index contributed by atoms with van der Waals surface area (Å²) in [5.41, 5.74) is 2.55. The van der Waals surface area contributed by atoms with Crippen molar-refractivity contribution >= 4 is 28.6 Å². The molecular weight excluding hydrogens is 407 g/mol. The first-order valence-electron chi connectivity index (χ1n) is 6.82. The molecule has 2 aromatic carbocycles. The minimum absolute atomic E-state index is 0.0415. The van der Waals surface area contributed by atoms with E-state index in [2.05, 4.69) is 11.8 Å². The number of phenolic OH excluding ortho intramolecular Hbond substituents is 2. The third kappa shape index (κ3) is 4.39. The number of hydrogen-bond acceptors (Lipinski definition) is 4. The first-order chi connectivity index (χ1) is 10.9. The van der Waals surface area contributed by atoms with Gasteiger partial charge in [-0.3, -0.25) is 4.79 Å². The molecule has 0 radical (unpaired) electrons. The quantitative estimate of drug-likeness (QED) is 0.256. The van der Waals surface area contributed by atoms with E-state index in [0.717, 1.165) is 5.56 Å². The average molecular weight is 422 g/mol. The molecule has 2 aromatic rings. The van der Waals surface area contributed by atoms with Crippen LogP contribution in [0.1, 0.15) is 22.3 Å². The summed E-state index contributed by atoms with van der Waals surface area (Å²) in [6.07, 6.45) is 0. The molecule has 5 heteroatoms. The predicted molar refractivity (Wildman–Crippen MR) is 96.2 cm³/mol. The lowest BCUT2D eigenvalue weighted by Gasteiger charge is -2.08. The maximum Gasteiger partial charge on any atom is 0.321 e. The van der Waals surface area contributed by atoms with Crippen LogP contribution in [0.15, 0.2) is 30.3 Å². The number of ether oxygens (including phenoxy) is 1. The smallest absolute Gasteiger partial charge is 0.321 e. The Bertz CT molecular complexity index is 816. The molecule has 0 atom stereocenters. The standard InChI is InChI=1S/C18H15IO4/c1-11-3-4-13(8-15(11)20)5-6-14-7-12(2)16(21)9-17(14)23-18(22)10-19/h3-4,7-9,20-21H,10H2,1-2H3. The Kier molecular flexibility index (Phi) is 5.50. The van der Waals surface area contributed by atoms with E-state index in [9.17, 15) is 15.0 Å². The van der Waals surface area contributed by atoms with Gasteiger partial charge in [0.05, 0.1) is 9.99 Å². The van der Waals surface area contributed by atoms with Gasteiger partial charge in [0.15, 0.2) is 0 Å². The number of benzene rings is 2. The van der Waals surface area contributed by atoms with Crippen LogP contribution in [-0.2, 0) is 4.79 Å². The molecular formula is C18H15IO4. The first-order valence-corrected chi connectivity index (χ1v) is 8.35. The molecule has 0 aromatic heterocycles. The minimum Gasteiger partial charge on any atom is -0.508 e. The molecule has 0 saturated carbocycles. The molecule has 0 fully saturated rings. The van der Waals surface area contributed by atoms with E-state index >= 15 is 0 Å². The van der Waals surface area contributed by atoms with Gasteiger partial charge in [-0.25, -0.2) is 0 Å². The third-order valence-electron chi connectivity index (χ3n) is 3.18. The highest BCUT2D eigenvalue weighted by Crippen LogP contribution is 2.28. The van der Waals surface area contributed by atoms with Crippen LogP contribution in [0, 0.1) is 25.7 Å². The van der Waals surface area contributed by atoms with E-state index < -0.39 is 5.97 Å². The summed E-state index contributed by atoms with van der Waals surface area (Å²) in [7, 11) is 0. The largest absolute Gasteiger partial charge is 0.508 e. The summed E-state index contributed by atoms with van der Waals surface area (Å²) in [4.78, 5) is 11.5. The molecule has 2 rings (SSSR count). The Hall–Kier alpha value is -2.20. The lowest BCUT2D eigenvalue weighted by atomic mass is 10.1. The fraction of sp³-hybridized carbons (Fsp3) is 0.167. The summed E-state index contributed by atoms with van der Waals surface area (Å²) in [6, 6.07) is 8.19. The highest BCUT2D eigenvalue weighted by molar-refractivity contribution is 14.1. The van der Waals surface area contributed by atoms with Crippen LogP contribution in [0.25, 0.3) is 0 Å². The lowest BCUT2D eigenvalue weighted by molar-refractivity contribution is -0.131. The van der Waals surface area contributed by atoms with Gasteiger partial charge in [-0.05, 0) is 43.2 Å². The van der Waals surface area contributed by atoms with Crippen LogP contribution >= 0.6 is 22.6 Å². The number of rotatable bonds is 2. The number of phenols is 2. The van der Waals surface area contributed by atoms with Gasteiger partial charge in [-0.1, -0.05) is 40.5 Å². The van der Waals surface area contributed by atoms with Gasteiger partial charge in [0.2, 0.25) is 0 Å². The maximum atomic E-state index is 11.5. The van der Waals surface area contributed by atoms with Crippen LogP contribution < -0.4 is 4.74 Å². The van der Waals surface area contributed by atoms with Crippen LogP contribution in [-0.4, -0.2) is 20.6 Å². The fourth-order valence-electron chi connectivity index (χ4n) is 1.84. The van der Waals surface area contributed by atoms with E-state index in [1.807, 2.05) is 22.6 Å². The summed E-state index contributed by atoms with van der Waals surface area (Å²) >= 11 is 1.90. The Balaban J connectivity index is 2.42. The molecule has 4 nitrogen and oxygen atoms in total.